The third kappa shape index (κ3) is 10.5. The van der Waals surface area contributed by atoms with Crippen LogP contribution in [0.4, 0.5) is 13.2 Å². The Morgan fingerprint density at radius 1 is 0.818 bits per heavy atom. The van der Waals surface area contributed by atoms with Crippen LogP contribution in [0.25, 0.3) is 0 Å². The molecule has 0 amide bonds. The molecular weight excluding hydrogens is 544 g/mol. The molecule has 0 heterocycles. The van der Waals surface area contributed by atoms with Crippen molar-refractivity contribution in [3.8, 4) is 0 Å². The second kappa shape index (κ2) is 14.1. The van der Waals surface area contributed by atoms with Crippen molar-refractivity contribution in [2.75, 3.05) is 13.1 Å². The van der Waals surface area contributed by atoms with E-state index in [9.17, 15) is 13.2 Å². The van der Waals surface area contributed by atoms with E-state index < -0.39 is 17.9 Å². The summed E-state index contributed by atoms with van der Waals surface area (Å²) in [4.78, 5) is 0. The summed E-state index contributed by atoms with van der Waals surface area (Å²) >= 11 is 16.0. The van der Waals surface area contributed by atoms with Crippen molar-refractivity contribution in [2.45, 2.75) is 13.1 Å². The predicted molar refractivity (Wildman–Crippen MR) is 128 cm³/mol. The summed E-state index contributed by atoms with van der Waals surface area (Å²) in [6.07, 6.45) is -4.44. The van der Waals surface area contributed by atoms with E-state index in [4.69, 9.17) is 36.9 Å². The number of alkyl halides is 3. The largest absolute Gasteiger partial charge is 2.00 e. The Morgan fingerprint density at radius 2 is 1.30 bits per heavy atom. The first kappa shape index (κ1) is 28.8. The quantitative estimate of drug-likeness (QED) is 0.176. The molecule has 2 rings (SSSR count). The van der Waals surface area contributed by atoms with Gasteiger partial charge < -0.3 is 35.9 Å². The minimum absolute atomic E-state index is 0. The van der Waals surface area contributed by atoms with Gasteiger partial charge in [-0.2, -0.15) is 23.4 Å². The maximum atomic E-state index is 12.4. The van der Waals surface area contributed by atoms with Gasteiger partial charge in [0.1, 0.15) is 18.0 Å². The molecule has 0 spiro atoms. The van der Waals surface area contributed by atoms with Crippen LogP contribution in [0.15, 0.2) is 75.0 Å². The molecule has 1 radical (unpaired) electrons. The van der Waals surface area contributed by atoms with Gasteiger partial charge in [0.2, 0.25) is 0 Å². The Labute approximate surface area is 216 Å². The summed E-state index contributed by atoms with van der Waals surface area (Å²) in [5.74, 6) is 0. The Morgan fingerprint density at radius 3 is 1.79 bits per heavy atom. The Hall–Kier alpha value is -2.24. The molecule has 0 bridgehead atoms. The van der Waals surface area contributed by atoms with Crippen LogP contribution in [0.2, 0.25) is 5.02 Å². The number of nitrogens with one attached hydrogen (secondary N) is 2. The van der Waals surface area contributed by atoms with Gasteiger partial charge in [-0.05, 0) is 29.4 Å². The number of hydrogen-bond donors (Lipinski definition) is 2. The van der Waals surface area contributed by atoms with Crippen LogP contribution in [0.5, 0.6) is 0 Å². The molecule has 13 heteroatoms. The molecule has 0 saturated heterocycles. The molecule has 179 valence electrons. The van der Waals surface area contributed by atoms with Crippen molar-refractivity contribution in [2.24, 2.45) is 20.4 Å². The van der Waals surface area contributed by atoms with Gasteiger partial charge in [0, 0.05) is 22.7 Å². The van der Waals surface area contributed by atoms with Crippen molar-refractivity contribution < 1.29 is 30.2 Å². The van der Waals surface area contributed by atoms with Gasteiger partial charge in [-0.3, -0.25) is 0 Å². The van der Waals surface area contributed by atoms with E-state index in [0.717, 1.165) is 0 Å². The Bertz CT molecular complexity index is 1010. The fraction of sp³-hybridized carbons (Fsp3) is 0.200. The third-order valence-electron chi connectivity index (χ3n) is 3.64. The van der Waals surface area contributed by atoms with Gasteiger partial charge in [-0.1, -0.05) is 54.1 Å². The summed E-state index contributed by atoms with van der Waals surface area (Å²) in [6.45, 7) is 1.09. The van der Waals surface area contributed by atoms with E-state index in [0.29, 0.717) is 22.7 Å². The molecule has 0 aliphatic carbocycles. The van der Waals surface area contributed by atoms with Crippen LogP contribution in [0.3, 0.4) is 0 Å². The molecule has 6 nitrogen and oxygen atoms in total. The fourth-order valence-electron chi connectivity index (χ4n) is 2.28. The second-order valence-electron chi connectivity index (χ2n) is 6.08. The summed E-state index contributed by atoms with van der Waals surface area (Å²) in [6, 6.07) is 15.5. The maximum Gasteiger partial charge on any atom is 2.00 e. The smallest absolute Gasteiger partial charge is 0.741 e. The number of rotatable bonds is 7. The minimum atomic E-state index is -4.44. The first-order valence-corrected chi connectivity index (χ1v) is 10.4. The van der Waals surface area contributed by atoms with Crippen LogP contribution < -0.4 is 10.6 Å². The predicted octanol–water partition coefficient (Wildman–Crippen LogP) is 4.01. The zero-order valence-electron chi connectivity index (χ0n) is 17.0. The normalized spacial score (nSPS) is 13.4. The van der Waals surface area contributed by atoms with Gasteiger partial charge in [-0.15, -0.1) is 10.2 Å². The van der Waals surface area contributed by atoms with E-state index in [1.807, 2.05) is 12.2 Å². The average Bonchev–Trinajstić information content (AvgIpc) is 2.75. The van der Waals surface area contributed by atoms with Gasteiger partial charge in [0.25, 0.3) is 0 Å². The van der Waals surface area contributed by atoms with Crippen molar-refractivity contribution in [3.63, 3.8) is 0 Å². The maximum absolute atomic E-state index is 12.4. The fourth-order valence-corrected chi connectivity index (χ4v) is 2.70. The second-order valence-corrected chi connectivity index (χ2v) is 7.29. The molecule has 0 fully saturated rings. The van der Waals surface area contributed by atoms with Crippen LogP contribution in [-0.2, 0) is 42.3 Å². The first-order chi connectivity index (χ1) is 15.2. The van der Waals surface area contributed by atoms with Crippen molar-refractivity contribution in [1.82, 2.24) is 10.6 Å². The van der Waals surface area contributed by atoms with Crippen LogP contribution in [0, 0.1) is 0 Å². The summed E-state index contributed by atoms with van der Waals surface area (Å²) in [7, 11) is 0. The molecule has 2 N–H and O–H groups in total. The Balaban J connectivity index is 0.00000544. The number of benzene rings is 2. The molecule has 2 aromatic rings. The van der Waals surface area contributed by atoms with Crippen molar-refractivity contribution in [1.29, 1.82) is 0 Å². The van der Waals surface area contributed by atoms with E-state index in [-0.39, 0.29) is 33.7 Å². The van der Waals surface area contributed by atoms with Gasteiger partial charge in [0.05, 0.1) is 0 Å². The number of amidine groups is 2. The van der Waals surface area contributed by atoms with E-state index in [1.165, 1.54) is 0 Å². The minimum Gasteiger partial charge on any atom is -0.741 e. The standard InChI is InChI=1S/C20H20ClF3N6S2.Cu/c1-2-25-18(31)29-28-17(14-8-10-15(21)11-9-14)16(13-6-4-3-5-7-13)27-30-19(32)26-12-20(22,23)24;/h3-11H,2,12H2,1H3,(H2,25,29,31)(H2,26,30,32);/q;+2/p-2. The third-order valence-corrected chi connectivity index (χ3v) is 4.34. The molecule has 0 aromatic heterocycles. The zero-order chi connectivity index (χ0) is 23.6. The molecule has 0 aliphatic rings. The molecule has 0 aliphatic heterocycles. The number of halogens is 4. The topological polar surface area (TPSA) is 73.5 Å². The molecular formula is C20H18ClCuF3N6S2. The SMILES string of the molecule is CCNC([S-])=NN=C(C(=NN=C([S-])NCC(F)(F)F)c1ccccc1)c1ccc(Cl)cc1.[Cu+2]. The van der Waals surface area contributed by atoms with Crippen LogP contribution in [0.1, 0.15) is 18.1 Å². The number of nitrogens with zero attached hydrogens (tertiary/aromatic N) is 4. The monoisotopic (exact) mass is 561 g/mol. The molecule has 0 unspecified atom stereocenters. The average molecular weight is 563 g/mol. The first-order valence-electron chi connectivity index (χ1n) is 9.21. The Kier molecular flexibility index (Phi) is 12.3. The van der Waals surface area contributed by atoms with Crippen molar-refractivity contribution in [3.05, 3.63) is 70.7 Å². The zero-order valence-corrected chi connectivity index (χ0v) is 20.4. The van der Waals surface area contributed by atoms with Crippen LogP contribution in [-0.4, -0.2) is 41.0 Å². The van der Waals surface area contributed by atoms with E-state index >= 15 is 0 Å². The molecule has 2 aromatic carbocycles. The van der Waals surface area contributed by atoms with Crippen LogP contribution >= 0.6 is 11.6 Å². The summed E-state index contributed by atoms with van der Waals surface area (Å²) in [5, 5.41) is 21.2. The molecule has 33 heavy (non-hydrogen) atoms. The molecule has 0 saturated carbocycles. The van der Waals surface area contributed by atoms with Crippen molar-refractivity contribution >= 4 is 58.6 Å². The summed E-state index contributed by atoms with van der Waals surface area (Å²) < 4.78 is 37.3. The summed E-state index contributed by atoms with van der Waals surface area (Å²) in [5.41, 5.74) is 1.68. The molecule has 0 atom stereocenters. The van der Waals surface area contributed by atoms with Gasteiger partial charge in [-0.25, -0.2) is 0 Å². The van der Waals surface area contributed by atoms with Gasteiger partial charge >= 0.3 is 23.2 Å². The van der Waals surface area contributed by atoms with E-state index in [2.05, 4.69) is 25.7 Å². The number of hydrogen-bond acceptors (Lipinski definition) is 6. The van der Waals surface area contributed by atoms with E-state index in [1.54, 1.807) is 54.6 Å². The van der Waals surface area contributed by atoms with Gasteiger partial charge in [0.15, 0.2) is 0 Å².